The van der Waals surface area contributed by atoms with Crippen LogP contribution in [0.5, 0.6) is 0 Å². The summed E-state index contributed by atoms with van der Waals surface area (Å²) < 4.78 is 8.59. The molecular weight excluding hydrogens is 194 g/mol. The molecule has 1 N–H and O–H groups in total. The second-order valence-corrected chi connectivity index (χ2v) is 2.02. The topological polar surface area (TPSA) is 98.9 Å². The predicted octanol–water partition coefficient (Wildman–Crippen LogP) is 0.366. The second kappa shape index (κ2) is 5.57. The minimum absolute atomic E-state index is 0.424. The second-order valence-electron chi connectivity index (χ2n) is 2.02. The van der Waals surface area contributed by atoms with Gasteiger partial charge in [0.05, 0.1) is 19.1 Å². The third-order valence-electron chi connectivity index (χ3n) is 1.19. The molecule has 0 spiro atoms. The molecule has 0 aromatic rings. The van der Waals surface area contributed by atoms with Gasteiger partial charge in [0, 0.05) is 6.08 Å². The molecule has 0 heterocycles. The van der Waals surface area contributed by atoms with Crippen LogP contribution < -0.4 is 0 Å². The highest BCUT2D eigenvalue weighted by molar-refractivity contribution is 5.91. The van der Waals surface area contributed by atoms with Gasteiger partial charge in [-0.2, -0.15) is 0 Å². The first kappa shape index (κ1) is 11.9. The third-order valence-corrected chi connectivity index (χ3v) is 1.19. The van der Waals surface area contributed by atoms with Crippen molar-refractivity contribution in [2.24, 2.45) is 0 Å². The van der Waals surface area contributed by atoms with Gasteiger partial charge in [-0.3, -0.25) is 10.1 Å². The summed E-state index contributed by atoms with van der Waals surface area (Å²) in [4.78, 5) is 20.1. The minimum Gasteiger partial charge on any atom is -0.480 e. The van der Waals surface area contributed by atoms with Crippen molar-refractivity contribution < 1.29 is 24.3 Å². The quantitative estimate of drug-likeness (QED) is 0.177. The highest BCUT2D eigenvalue weighted by atomic mass is 16.6. The Balaban J connectivity index is 4.93. The minimum atomic E-state index is -0.928. The van der Waals surface area contributed by atoms with E-state index in [1.54, 1.807) is 0 Å². The molecule has 0 radical (unpaired) electrons. The smallest absolute Gasteiger partial charge is 0.345 e. The molecule has 7 nitrogen and oxygen atoms in total. The molecular formula is C7H9NO6. The maximum Gasteiger partial charge on any atom is 0.345 e. The van der Waals surface area contributed by atoms with Gasteiger partial charge in [-0.05, 0) is 0 Å². The Hall–Kier alpha value is -2.05. The Labute approximate surface area is 79.4 Å². The normalized spacial score (nSPS) is 12.1. The Kier molecular flexibility index (Phi) is 4.76. The van der Waals surface area contributed by atoms with Crippen LogP contribution in [0.25, 0.3) is 0 Å². The van der Waals surface area contributed by atoms with Gasteiger partial charge in [-0.25, -0.2) is 4.79 Å². The number of carbonyl (C=O) groups is 1. The van der Waals surface area contributed by atoms with Crippen LogP contribution in [0, 0.1) is 10.1 Å². The van der Waals surface area contributed by atoms with Gasteiger partial charge in [-0.1, -0.05) is 0 Å². The number of aliphatic hydroxyl groups excluding tert-OH is 1. The van der Waals surface area contributed by atoms with Crippen molar-refractivity contribution in [3.63, 3.8) is 0 Å². The van der Waals surface area contributed by atoms with Gasteiger partial charge in [0.2, 0.25) is 6.20 Å². The number of hydrogen-bond acceptors (Lipinski definition) is 6. The van der Waals surface area contributed by atoms with Gasteiger partial charge in [0.15, 0.2) is 0 Å². The zero-order chi connectivity index (χ0) is 11.1. The highest BCUT2D eigenvalue weighted by Gasteiger charge is 2.14. The molecule has 0 unspecified atom stereocenters. The molecule has 7 heteroatoms. The lowest BCUT2D eigenvalue weighted by molar-refractivity contribution is -0.402. The lowest BCUT2D eigenvalue weighted by Gasteiger charge is -2.01. The number of rotatable bonds is 4. The number of esters is 1. The van der Waals surface area contributed by atoms with Gasteiger partial charge in [0.1, 0.15) is 5.57 Å². The van der Waals surface area contributed by atoms with Crippen molar-refractivity contribution in [3.05, 3.63) is 33.9 Å². The first-order valence-electron chi connectivity index (χ1n) is 3.40. The molecule has 0 aliphatic heterocycles. The molecule has 0 aromatic carbocycles. The number of nitro groups is 1. The van der Waals surface area contributed by atoms with Gasteiger partial charge in [-0.15, -0.1) is 0 Å². The SMILES string of the molecule is COC(=O)C(C=C[N+](=O)[O-])=C(O)OC. The monoisotopic (exact) mass is 203 g/mol. The number of ether oxygens (including phenoxy) is 2. The van der Waals surface area contributed by atoms with E-state index in [-0.39, 0.29) is 0 Å². The molecule has 0 aromatic heterocycles. The Morgan fingerprint density at radius 1 is 1.43 bits per heavy atom. The van der Waals surface area contributed by atoms with E-state index >= 15 is 0 Å². The lowest BCUT2D eigenvalue weighted by atomic mass is 10.3. The lowest BCUT2D eigenvalue weighted by Crippen LogP contribution is -2.07. The molecule has 0 amide bonds. The fourth-order valence-corrected chi connectivity index (χ4v) is 0.582. The van der Waals surface area contributed by atoms with Crippen molar-refractivity contribution in [1.29, 1.82) is 0 Å². The first-order valence-corrected chi connectivity index (χ1v) is 3.40. The average Bonchev–Trinajstić information content (AvgIpc) is 2.16. The van der Waals surface area contributed by atoms with Gasteiger partial charge < -0.3 is 14.6 Å². The highest BCUT2D eigenvalue weighted by Crippen LogP contribution is 2.06. The molecule has 0 atom stereocenters. The largest absolute Gasteiger partial charge is 0.480 e. The summed E-state index contributed by atoms with van der Waals surface area (Å²) in [5, 5.41) is 19.0. The van der Waals surface area contributed by atoms with E-state index in [9.17, 15) is 14.9 Å². The van der Waals surface area contributed by atoms with Crippen molar-refractivity contribution in [2.45, 2.75) is 0 Å². The molecule has 78 valence electrons. The summed E-state index contributed by atoms with van der Waals surface area (Å²) in [5.74, 6) is -1.67. The standard InChI is InChI=1S/C7H9NO6/c1-13-6(9)5(7(10)14-2)3-4-8(11)12/h3-4,9H,1-2H3. The van der Waals surface area contributed by atoms with Gasteiger partial charge in [0.25, 0.3) is 5.95 Å². The van der Waals surface area contributed by atoms with E-state index < -0.39 is 22.4 Å². The molecule has 0 bridgehead atoms. The maximum atomic E-state index is 10.9. The summed E-state index contributed by atoms with van der Waals surface area (Å²) in [5.41, 5.74) is -0.424. The zero-order valence-corrected chi connectivity index (χ0v) is 7.59. The third kappa shape index (κ3) is 3.57. The van der Waals surface area contributed by atoms with Crippen molar-refractivity contribution in [1.82, 2.24) is 0 Å². The molecule has 0 rings (SSSR count). The number of aliphatic hydroxyl groups is 1. The van der Waals surface area contributed by atoms with E-state index in [0.29, 0.717) is 6.20 Å². The number of methoxy groups -OCH3 is 2. The Morgan fingerprint density at radius 2 is 2.00 bits per heavy atom. The van der Waals surface area contributed by atoms with E-state index in [0.717, 1.165) is 20.3 Å². The Bertz CT molecular complexity index is 293. The van der Waals surface area contributed by atoms with E-state index in [1.807, 2.05) is 0 Å². The number of carbonyl (C=O) groups excluding carboxylic acids is 1. The fourth-order valence-electron chi connectivity index (χ4n) is 0.582. The molecule has 0 aliphatic carbocycles. The maximum absolute atomic E-state index is 10.9. The van der Waals surface area contributed by atoms with Crippen molar-refractivity contribution >= 4 is 5.97 Å². The summed E-state index contributed by atoms with van der Waals surface area (Å²) in [6.45, 7) is 0. The molecule has 0 fully saturated rings. The number of hydrogen-bond donors (Lipinski definition) is 1. The zero-order valence-electron chi connectivity index (χ0n) is 7.59. The van der Waals surface area contributed by atoms with Crippen molar-refractivity contribution in [3.8, 4) is 0 Å². The summed E-state index contributed by atoms with van der Waals surface area (Å²) in [7, 11) is 2.18. The van der Waals surface area contributed by atoms with E-state index in [2.05, 4.69) is 9.47 Å². The fraction of sp³-hybridized carbons (Fsp3) is 0.286. The van der Waals surface area contributed by atoms with Crippen LogP contribution in [0.15, 0.2) is 23.8 Å². The molecule has 0 aliphatic rings. The van der Waals surface area contributed by atoms with Crippen LogP contribution in [0.3, 0.4) is 0 Å². The predicted molar refractivity (Wildman–Crippen MR) is 44.8 cm³/mol. The van der Waals surface area contributed by atoms with Crippen LogP contribution in [-0.4, -0.2) is 30.2 Å². The molecule has 0 saturated carbocycles. The van der Waals surface area contributed by atoms with E-state index in [4.69, 9.17) is 5.11 Å². The van der Waals surface area contributed by atoms with Crippen LogP contribution in [-0.2, 0) is 14.3 Å². The number of nitrogens with zero attached hydrogens (tertiary/aromatic N) is 1. The van der Waals surface area contributed by atoms with Crippen LogP contribution >= 0.6 is 0 Å². The van der Waals surface area contributed by atoms with Gasteiger partial charge >= 0.3 is 5.97 Å². The van der Waals surface area contributed by atoms with E-state index in [1.165, 1.54) is 0 Å². The summed E-state index contributed by atoms with van der Waals surface area (Å²) >= 11 is 0. The molecule has 0 saturated heterocycles. The summed E-state index contributed by atoms with van der Waals surface area (Å²) in [6.07, 6.45) is 1.27. The molecule has 14 heavy (non-hydrogen) atoms. The van der Waals surface area contributed by atoms with Crippen molar-refractivity contribution in [2.75, 3.05) is 14.2 Å². The summed E-state index contributed by atoms with van der Waals surface area (Å²) in [6, 6.07) is 0. The Morgan fingerprint density at radius 3 is 2.36 bits per heavy atom. The first-order chi connectivity index (χ1) is 6.52. The van der Waals surface area contributed by atoms with Crippen LogP contribution in [0.1, 0.15) is 0 Å². The van der Waals surface area contributed by atoms with Crippen LogP contribution in [0.2, 0.25) is 0 Å². The van der Waals surface area contributed by atoms with Crippen LogP contribution in [0.4, 0.5) is 0 Å². The average molecular weight is 203 g/mol.